The largest absolute Gasteiger partial charge is 0.299 e. The van der Waals surface area contributed by atoms with E-state index in [4.69, 9.17) is 0 Å². The Kier molecular flexibility index (Phi) is 8.44. The number of unbranched alkanes of at least 4 members (excludes halogenated alkanes) is 1. The molecule has 0 N–H and O–H groups in total. The topological polar surface area (TPSA) is 34.9 Å². The maximum atomic E-state index is 12.2. The molecule has 2 rings (SSSR count). The van der Waals surface area contributed by atoms with Gasteiger partial charge in [0.05, 0.1) is 11.7 Å². The smallest absolute Gasteiger partial charge is 0.262 e. The highest BCUT2D eigenvalue weighted by molar-refractivity contribution is 7.19. The summed E-state index contributed by atoms with van der Waals surface area (Å²) in [4.78, 5) is 18.4. The molecule has 0 radical (unpaired) electrons. The van der Waals surface area contributed by atoms with Crippen LogP contribution in [0.5, 0.6) is 0 Å². The van der Waals surface area contributed by atoms with E-state index in [-0.39, 0.29) is 5.56 Å². The minimum absolute atomic E-state index is 0.0791. The van der Waals surface area contributed by atoms with Crippen LogP contribution in [0.4, 0.5) is 0 Å². The highest BCUT2D eigenvalue weighted by atomic mass is 32.1. The molecule has 0 unspecified atom stereocenters. The number of allylic oxidation sites excluding steroid dienone is 3. The summed E-state index contributed by atoms with van der Waals surface area (Å²) in [6, 6.07) is 1.93. The highest BCUT2D eigenvalue weighted by Gasteiger charge is 2.07. The van der Waals surface area contributed by atoms with Crippen molar-refractivity contribution in [1.82, 2.24) is 9.55 Å². The maximum Gasteiger partial charge on any atom is 0.262 e. The van der Waals surface area contributed by atoms with Gasteiger partial charge in [0.2, 0.25) is 0 Å². The van der Waals surface area contributed by atoms with Crippen molar-refractivity contribution in [2.24, 2.45) is 0 Å². The molecular weight excluding hydrogens is 292 g/mol. The van der Waals surface area contributed by atoms with Gasteiger partial charge >= 0.3 is 0 Å². The van der Waals surface area contributed by atoms with E-state index >= 15 is 0 Å². The van der Waals surface area contributed by atoms with E-state index in [1.54, 1.807) is 22.2 Å². The molecule has 0 saturated carbocycles. The Morgan fingerprint density at radius 2 is 2.05 bits per heavy atom. The first-order valence-electron chi connectivity index (χ1n) is 7.90. The van der Waals surface area contributed by atoms with Crippen LogP contribution in [0, 0.1) is 0 Å². The summed E-state index contributed by atoms with van der Waals surface area (Å²) in [5.41, 5.74) is 0.0791. The van der Waals surface area contributed by atoms with Crippen molar-refractivity contribution in [2.75, 3.05) is 0 Å². The standard InChI is InChI=1S/C13H16N2OS.C5H10/c1-3-5-7-15-9-14-12-11(13(15)16)8-10(17-12)6-4-2;1-3-5-4-2/h4,6,8-9H,3,5,7H2,1-2H3;3,5H,4H2,1-2H3/b6-4+;5-3-. The third-order valence-electron chi connectivity index (χ3n) is 3.09. The van der Waals surface area contributed by atoms with Gasteiger partial charge in [-0.3, -0.25) is 9.36 Å². The summed E-state index contributed by atoms with van der Waals surface area (Å²) < 4.78 is 1.71. The summed E-state index contributed by atoms with van der Waals surface area (Å²) in [6.45, 7) is 9.00. The van der Waals surface area contributed by atoms with Crippen molar-refractivity contribution in [3.63, 3.8) is 0 Å². The van der Waals surface area contributed by atoms with Crippen LogP contribution >= 0.6 is 11.3 Å². The first-order chi connectivity index (χ1) is 10.7. The Bertz CT molecular complexity index is 680. The minimum Gasteiger partial charge on any atom is -0.299 e. The third kappa shape index (κ3) is 5.26. The summed E-state index contributed by atoms with van der Waals surface area (Å²) >= 11 is 1.56. The van der Waals surface area contributed by atoms with Crippen LogP contribution in [0.15, 0.2) is 35.4 Å². The predicted octanol–water partition coefficient (Wildman–Crippen LogP) is 5.26. The summed E-state index contributed by atoms with van der Waals surface area (Å²) in [7, 11) is 0. The average molecular weight is 318 g/mol. The van der Waals surface area contributed by atoms with E-state index in [1.807, 2.05) is 32.1 Å². The molecule has 0 saturated heterocycles. The van der Waals surface area contributed by atoms with Crippen LogP contribution in [0.3, 0.4) is 0 Å². The minimum atomic E-state index is 0.0791. The highest BCUT2D eigenvalue weighted by Crippen LogP contribution is 2.21. The van der Waals surface area contributed by atoms with Crippen LogP contribution in [0.2, 0.25) is 0 Å². The lowest BCUT2D eigenvalue weighted by atomic mass is 10.3. The quantitative estimate of drug-likeness (QED) is 0.704. The van der Waals surface area contributed by atoms with E-state index < -0.39 is 0 Å². The molecule has 0 fully saturated rings. The van der Waals surface area contributed by atoms with Gasteiger partial charge in [-0.1, -0.05) is 38.5 Å². The first kappa shape index (κ1) is 18.4. The fourth-order valence-corrected chi connectivity index (χ4v) is 2.91. The second-order valence-corrected chi connectivity index (χ2v) is 6.00. The predicted molar refractivity (Wildman–Crippen MR) is 98.6 cm³/mol. The van der Waals surface area contributed by atoms with Gasteiger partial charge in [-0.15, -0.1) is 11.3 Å². The van der Waals surface area contributed by atoms with Crippen LogP contribution in [0.1, 0.15) is 51.8 Å². The molecule has 2 heterocycles. The molecule has 2 aromatic rings. The molecule has 0 bridgehead atoms. The molecule has 0 spiro atoms. The zero-order valence-corrected chi connectivity index (χ0v) is 14.8. The second kappa shape index (κ2) is 10.1. The molecule has 120 valence electrons. The van der Waals surface area contributed by atoms with Crippen LogP contribution in [-0.2, 0) is 6.54 Å². The fraction of sp³-hybridized carbons (Fsp3) is 0.444. The number of thiophene rings is 1. The molecule has 0 aliphatic heterocycles. The van der Waals surface area contributed by atoms with Crippen LogP contribution in [-0.4, -0.2) is 9.55 Å². The number of aromatic nitrogens is 2. The van der Waals surface area contributed by atoms with Gasteiger partial charge < -0.3 is 0 Å². The van der Waals surface area contributed by atoms with Gasteiger partial charge in [-0.05, 0) is 38.8 Å². The van der Waals surface area contributed by atoms with Crippen molar-refractivity contribution in [3.05, 3.63) is 45.9 Å². The molecule has 0 aromatic carbocycles. The lowest BCUT2D eigenvalue weighted by Gasteiger charge is -2.02. The lowest BCUT2D eigenvalue weighted by molar-refractivity contribution is 0.609. The van der Waals surface area contributed by atoms with Crippen molar-refractivity contribution in [1.29, 1.82) is 0 Å². The number of rotatable bonds is 5. The Morgan fingerprint density at radius 3 is 2.59 bits per heavy atom. The van der Waals surface area contributed by atoms with E-state index in [1.165, 1.54) is 0 Å². The van der Waals surface area contributed by atoms with Crippen molar-refractivity contribution in [3.8, 4) is 0 Å². The summed E-state index contributed by atoms with van der Waals surface area (Å²) in [6.07, 6.45) is 13.1. The van der Waals surface area contributed by atoms with Gasteiger partial charge in [0.25, 0.3) is 5.56 Å². The van der Waals surface area contributed by atoms with Gasteiger partial charge in [0.1, 0.15) is 4.83 Å². The number of hydrogen-bond acceptors (Lipinski definition) is 3. The zero-order valence-electron chi connectivity index (χ0n) is 14.0. The average Bonchev–Trinajstić information content (AvgIpc) is 2.92. The van der Waals surface area contributed by atoms with E-state index in [0.717, 1.165) is 40.9 Å². The van der Waals surface area contributed by atoms with Crippen LogP contribution in [0.25, 0.3) is 16.3 Å². The Balaban J connectivity index is 0.000000422. The monoisotopic (exact) mass is 318 g/mol. The molecule has 0 amide bonds. The number of fused-ring (bicyclic) bond motifs is 1. The Morgan fingerprint density at radius 1 is 1.27 bits per heavy atom. The lowest BCUT2D eigenvalue weighted by Crippen LogP contribution is -2.19. The zero-order chi connectivity index (χ0) is 16.4. The van der Waals surface area contributed by atoms with E-state index in [9.17, 15) is 4.79 Å². The Hall–Kier alpha value is -1.68. The molecule has 3 nitrogen and oxygen atoms in total. The molecule has 0 aliphatic rings. The van der Waals surface area contributed by atoms with Crippen molar-refractivity contribution >= 4 is 27.6 Å². The normalized spacial score (nSPS) is 11.3. The molecule has 4 heteroatoms. The maximum absolute atomic E-state index is 12.2. The van der Waals surface area contributed by atoms with Crippen molar-refractivity contribution < 1.29 is 0 Å². The van der Waals surface area contributed by atoms with Crippen molar-refractivity contribution in [2.45, 2.75) is 53.5 Å². The molecule has 0 atom stereocenters. The SMILES string of the molecule is C/C=C/c1cc2c(=O)n(CCCC)cnc2s1.C/C=C\CC. The number of nitrogens with zero attached hydrogens (tertiary/aromatic N) is 2. The number of hydrogen-bond donors (Lipinski definition) is 0. The number of aryl methyl sites for hydroxylation is 1. The second-order valence-electron chi connectivity index (χ2n) is 4.94. The summed E-state index contributed by atoms with van der Waals surface area (Å²) in [5.74, 6) is 0. The molecule has 22 heavy (non-hydrogen) atoms. The van der Waals surface area contributed by atoms with E-state index in [2.05, 4.69) is 31.0 Å². The fourth-order valence-electron chi connectivity index (χ4n) is 1.95. The van der Waals surface area contributed by atoms with Gasteiger partial charge in [0.15, 0.2) is 0 Å². The Labute approximate surface area is 137 Å². The van der Waals surface area contributed by atoms with Crippen LogP contribution < -0.4 is 5.56 Å². The third-order valence-corrected chi connectivity index (χ3v) is 4.10. The molecular formula is C18H26N2OS. The van der Waals surface area contributed by atoms with Gasteiger partial charge in [0, 0.05) is 11.4 Å². The summed E-state index contributed by atoms with van der Waals surface area (Å²) in [5, 5.41) is 0.738. The first-order valence-corrected chi connectivity index (χ1v) is 8.72. The molecule has 0 aliphatic carbocycles. The van der Waals surface area contributed by atoms with Gasteiger partial charge in [-0.25, -0.2) is 4.98 Å². The molecule has 2 aromatic heterocycles. The van der Waals surface area contributed by atoms with E-state index in [0.29, 0.717) is 0 Å². The van der Waals surface area contributed by atoms with Gasteiger partial charge in [-0.2, -0.15) is 0 Å².